The highest BCUT2D eigenvalue weighted by Crippen LogP contribution is 2.30. The van der Waals surface area contributed by atoms with Crippen molar-refractivity contribution < 1.29 is 64.6 Å². The third kappa shape index (κ3) is 39.6. The minimum Gasteiger partial charge on any atom is -0.394 e. The summed E-state index contributed by atoms with van der Waals surface area (Å²) in [5.41, 5.74) is 0. The van der Waals surface area contributed by atoms with Crippen molar-refractivity contribution in [3.05, 3.63) is 109 Å². The Balaban J connectivity index is 1.73. The second-order valence-electron chi connectivity index (χ2n) is 23.6. The number of allylic oxidation sites excluding steroid dienone is 17. The predicted octanol–water partition coefficient (Wildman–Crippen LogP) is 13.6. The fourth-order valence-corrected chi connectivity index (χ4v) is 10.5. The van der Waals surface area contributed by atoms with Gasteiger partial charge in [0.25, 0.3) is 0 Å². The summed E-state index contributed by atoms with van der Waals surface area (Å²) >= 11 is 0. The summed E-state index contributed by atoms with van der Waals surface area (Å²) in [6.45, 7) is 2.68. The lowest BCUT2D eigenvalue weighted by atomic mass is 9.97. The largest absolute Gasteiger partial charge is 0.394 e. The minimum atomic E-state index is -1.80. The highest BCUT2D eigenvalue weighted by atomic mass is 16.7. The van der Waals surface area contributed by atoms with E-state index in [0.29, 0.717) is 6.42 Å². The smallest absolute Gasteiger partial charge is 0.220 e. The molecule has 0 radical (unpaired) electrons. The number of ether oxygens (including phenoxy) is 4. The number of hydrogen-bond acceptors (Lipinski definition) is 13. The molecule has 2 saturated heterocycles. The summed E-state index contributed by atoms with van der Waals surface area (Å²) in [7, 11) is 0. The topological polar surface area (TPSA) is 228 Å². The number of aliphatic hydroxyl groups is 8. The van der Waals surface area contributed by atoms with Crippen molar-refractivity contribution in [2.45, 2.75) is 319 Å². The van der Waals surface area contributed by atoms with Crippen molar-refractivity contribution in [3.8, 4) is 0 Å². The lowest BCUT2D eigenvalue weighted by molar-refractivity contribution is -0.359. The molecule has 2 aliphatic rings. The summed E-state index contributed by atoms with van der Waals surface area (Å²) in [6.07, 6.45) is 62.7. The van der Waals surface area contributed by atoms with E-state index in [0.717, 1.165) is 96.3 Å². The molecule has 494 valence electrons. The van der Waals surface area contributed by atoms with Gasteiger partial charge in [-0.1, -0.05) is 264 Å². The third-order valence-corrected chi connectivity index (χ3v) is 16.0. The molecule has 1 amide bonds. The van der Waals surface area contributed by atoms with Crippen molar-refractivity contribution in [2.24, 2.45) is 0 Å². The van der Waals surface area contributed by atoms with Gasteiger partial charge < -0.3 is 65.1 Å². The molecular weight excluding hydrogens is 1090 g/mol. The number of carbonyl (C=O) groups excluding carboxylic acids is 1. The van der Waals surface area contributed by atoms with Crippen molar-refractivity contribution in [1.82, 2.24) is 5.32 Å². The Labute approximate surface area is 521 Å². The monoisotopic (exact) mass is 1210 g/mol. The SMILES string of the molecule is CC/C=C\C/C=C\C/C=C\C/C=C\C/C=C\C/C=C\C/C=C\C/C=C\CCCCCCC(=O)NC(COC1OC(CO)C(OC2OC(CO)C(O)C(O)C2O)C(O)C1O)C(O)/C=C/CCCCCCCCCCCCCCCCCCCCCCC. The first-order valence-corrected chi connectivity index (χ1v) is 34.1. The Morgan fingerprint density at radius 3 is 1.23 bits per heavy atom. The molecule has 2 heterocycles. The summed E-state index contributed by atoms with van der Waals surface area (Å²) in [5, 5.41) is 87.4. The van der Waals surface area contributed by atoms with Crippen LogP contribution < -0.4 is 5.32 Å². The van der Waals surface area contributed by atoms with Crippen molar-refractivity contribution >= 4 is 5.91 Å². The number of unbranched alkanes of at least 4 members (excludes halogenated alkanes) is 25. The van der Waals surface area contributed by atoms with E-state index in [4.69, 9.17) is 18.9 Å². The number of amides is 1. The van der Waals surface area contributed by atoms with Crippen LogP contribution in [0.2, 0.25) is 0 Å². The maximum Gasteiger partial charge on any atom is 0.220 e. The van der Waals surface area contributed by atoms with Crippen molar-refractivity contribution in [2.75, 3.05) is 19.8 Å². The normalized spacial score (nSPS) is 24.1. The van der Waals surface area contributed by atoms with Crippen LogP contribution in [0.3, 0.4) is 0 Å². The molecule has 12 unspecified atom stereocenters. The lowest BCUT2D eigenvalue weighted by Gasteiger charge is -2.46. The van der Waals surface area contributed by atoms with Gasteiger partial charge >= 0.3 is 0 Å². The zero-order chi connectivity index (χ0) is 62.3. The molecule has 0 bridgehead atoms. The molecule has 2 fully saturated rings. The Hall–Kier alpha value is -3.35. The van der Waals surface area contributed by atoms with Crippen LogP contribution in [0.1, 0.15) is 245 Å². The first kappa shape index (κ1) is 78.7. The first-order chi connectivity index (χ1) is 42.1. The number of aliphatic hydroxyl groups excluding tert-OH is 8. The Morgan fingerprint density at radius 2 is 0.802 bits per heavy atom. The van der Waals surface area contributed by atoms with Gasteiger partial charge in [0.15, 0.2) is 12.6 Å². The molecule has 0 aromatic rings. The fourth-order valence-electron chi connectivity index (χ4n) is 10.5. The van der Waals surface area contributed by atoms with E-state index in [2.05, 4.69) is 116 Å². The molecule has 12 atom stereocenters. The van der Waals surface area contributed by atoms with Crippen LogP contribution in [0.5, 0.6) is 0 Å². The van der Waals surface area contributed by atoms with E-state index in [-0.39, 0.29) is 18.9 Å². The number of rotatable bonds is 54. The molecule has 86 heavy (non-hydrogen) atoms. The average Bonchev–Trinajstić information content (AvgIpc) is 2.53. The Morgan fingerprint density at radius 1 is 0.430 bits per heavy atom. The molecule has 0 aromatic carbocycles. The van der Waals surface area contributed by atoms with Gasteiger partial charge in [0.2, 0.25) is 5.91 Å². The maximum atomic E-state index is 13.3. The van der Waals surface area contributed by atoms with Gasteiger partial charge in [-0.3, -0.25) is 4.79 Å². The molecular formula is C72H123NO13. The molecule has 0 aromatic heterocycles. The number of carbonyl (C=O) groups is 1. The first-order valence-electron chi connectivity index (χ1n) is 34.1. The van der Waals surface area contributed by atoms with Gasteiger partial charge in [0.05, 0.1) is 32.0 Å². The molecule has 0 spiro atoms. The van der Waals surface area contributed by atoms with Gasteiger partial charge in [-0.2, -0.15) is 0 Å². The number of nitrogens with one attached hydrogen (secondary N) is 1. The fraction of sp³-hybridized carbons (Fsp3) is 0.736. The standard InChI is InChI=1S/C72H123NO13/c1-3-5-7-9-11-13-15-17-19-21-23-25-27-28-29-30-31-32-34-36-38-40-42-44-46-48-50-52-54-56-64(77)73-60(59-83-71-69(82)67(80)70(63(58-75)85-71)86-72-68(81)66(79)65(78)62(57-74)84-72)61(76)55-53-51-49-47-45-43-41-39-37-35-33-26-24-22-20-18-16-14-12-10-8-6-4-2/h5,7,11,13,17,19,23,25,28-29,31-32,36,38,42,44,53,55,60-63,65-72,74-76,78-82H,3-4,6,8-10,12,14-16,18,20-22,24,26-27,30,33-35,37,39-41,43,45-52,54,56-59H2,1-2H3,(H,73,77)/b7-5-,13-11-,19-17-,25-23-,29-28-,32-31-,38-36-,44-42-,55-53+. The van der Waals surface area contributed by atoms with Gasteiger partial charge in [-0.25, -0.2) is 0 Å². The van der Waals surface area contributed by atoms with Crippen LogP contribution in [0.4, 0.5) is 0 Å². The van der Waals surface area contributed by atoms with Gasteiger partial charge in [-0.15, -0.1) is 0 Å². The highest BCUT2D eigenvalue weighted by Gasteiger charge is 2.51. The molecule has 0 aliphatic carbocycles. The quantitative estimate of drug-likeness (QED) is 0.0204. The summed E-state index contributed by atoms with van der Waals surface area (Å²) in [6, 6.07) is -0.938. The van der Waals surface area contributed by atoms with Crippen LogP contribution in [-0.4, -0.2) is 140 Å². The van der Waals surface area contributed by atoms with E-state index in [1.165, 1.54) is 122 Å². The molecule has 9 N–H and O–H groups in total. The second-order valence-corrected chi connectivity index (χ2v) is 23.6. The second kappa shape index (κ2) is 55.7. The van der Waals surface area contributed by atoms with Gasteiger partial charge in [-0.05, 0) is 83.5 Å². The average molecular weight is 1210 g/mol. The van der Waals surface area contributed by atoms with Crippen molar-refractivity contribution in [1.29, 1.82) is 0 Å². The Kier molecular flexibility index (Phi) is 51.0. The van der Waals surface area contributed by atoms with Gasteiger partial charge in [0.1, 0.15) is 48.8 Å². The molecule has 14 nitrogen and oxygen atoms in total. The minimum absolute atomic E-state index is 0.245. The van der Waals surface area contributed by atoms with Crippen LogP contribution in [0.25, 0.3) is 0 Å². The van der Waals surface area contributed by atoms with E-state index < -0.39 is 86.8 Å². The van der Waals surface area contributed by atoms with E-state index >= 15 is 0 Å². The summed E-state index contributed by atoms with van der Waals surface area (Å²) < 4.78 is 22.8. The highest BCUT2D eigenvalue weighted by molar-refractivity contribution is 5.76. The third-order valence-electron chi connectivity index (χ3n) is 16.0. The summed E-state index contributed by atoms with van der Waals surface area (Å²) in [4.78, 5) is 13.3. The lowest BCUT2D eigenvalue weighted by Crippen LogP contribution is -2.65. The molecule has 14 heteroatoms. The van der Waals surface area contributed by atoms with Crippen LogP contribution in [0.15, 0.2) is 109 Å². The van der Waals surface area contributed by atoms with E-state index in [9.17, 15) is 45.6 Å². The summed E-state index contributed by atoms with van der Waals surface area (Å²) in [5.74, 6) is -0.266. The van der Waals surface area contributed by atoms with Crippen LogP contribution in [0, 0.1) is 0 Å². The van der Waals surface area contributed by atoms with E-state index in [1.54, 1.807) is 6.08 Å². The maximum absolute atomic E-state index is 13.3. The van der Waals surface area contributed by atoms with Crippen LogP contribution >= 0.6 is 0 Å². The zero-order valence-corrected chi connectivity index (χ0v) is 53.5. The molecule has 2 aliphatic heterocycles. The molecule has 2 rings (SSSR count). The predicted molar refractivity (Wildman–Crippen MR) is 350 cm³/mol. The number of hydrogen-bond donors (Lipinski definition) is 9. The Bertz CT molecular complexity index is 1860. The van der Waals surface area contributed by atoms with Crippen LogP contribution in [-0.2, 0) is 23.7 Å². The van der Waals surface area contributed by atoms with Crippen molar-refractivity contribution in [3.63, 3.8) is 0 Å². The zero-order valence-electron chi connectivity index (χ0n) is 53.5. The molecule has 0 saturated carbocycles. The van der Waals surface area contributed by atoms with E-state index in [1.807, 2.05) is 6.08 Å². The van der Waals surface area contributed by atoms with Gasteiger partial charge in [0, 0.05) is 6.42 Å².